The van der Waals surface area contributed by atoms with Crippen molar-refractivity contribution in [3.63, 3.8) is 0 Å². The summed E-state index contributed by atoms with van der Waals surface area (Å²) in [6.07, 6.45) is 0. The minimum Gasteiger partial charge on any atom is -0.496 e. The summed E-state index contributed by atoms with van der Waals surface area (Å²) in [6, 6.07) is 6.81. The molecule has 0 aliphatic heterocycles. The van der Waals surface area contributed by atoms with Gasteiger partial charge >= 0.3 is 0 Å². The van der Waals surface area contributed by atoms with Gasteiger partial charge in [0.15, 0.2) is 0 Å². The van der Waals surface area contributed by atoms with Crippen LogP contribution in [-0.2, 0) is 0 Å². The van der Waals surface area contributed by atoms with Gasteiger partial charge in [-0.3, -0.25) is 0 Å². The summed E-state index contributed by atoms with van der Waals surface area (Å²) in [5.41, 5.74) is 1.19. The zero-order valence-corrected chi connectivity index (χ0v) is 10.6. The van der Waals surface area contributed by atoms with Crippen LogP contribution < -0.4 is 10.1 Å². The fourth-order valence-corrected chi connectivity index (χ4v) is 2.24. The van der Waals surface area contributed by atoms with Crippen molar-refractivity contribution in [1.29, 1.82) is 0 Å². The molecule has 1 aromatic rings. The van der Waals surface area contributed by atoms with Gasteiger partial charge in [0.25, 0.3) is 0 Å². The van der Waals surface area contributed by atoms with E-state index in [9.17, 15) is 0 Å². The van der Waals surface area contributed by atoms with E-state index in [0.717, 1.165) is 11.6 Å². The van der Waals surface area contributed by atoms with Gasteiger partial charge in [0.2, 0.25) is 0 Å². The van der Waals surface area contributed by atoms with E-state index in [1.165, 1.54) is 10.5 Å². The average molecular weight is 225 g/mol. The summed E-state index contributed by atoms with van der Waals surface area (Å²) >= 11 is 1.82. The Morgan fingerprint density at radius 1 is 1.40 bits per heavy atom. The highest BCUT2D eigenvalue weighted by Gasteiger charge is 2.00. The van der Waals surface area contributed by atoms with Gasteiger partial charge in [-0.05, 0) is 30.7 Å². The molecule has 1 N–H and O–H groups in total. The predicted molar refractivity (Wildman–Crippen MR) is 66.7 cm³/mol. The van der Waals surface area contributed by atoms with Crippen LogP contribution in [0.2, 0.25) is 0 Å². The first-order valence-electron chi connectivity index (χ1n) is 5.14. The van der Waals surface area contributed by atoms with Gasteiger partial charge in [-0.2, -0.15) is 0 Å². The van der Waals surface area contributed by atoms with Crippen LogP contribution >= 0.6 is 11.8 Å². The second kappa shape index (κ2) is 6.03. The minimum absolute atomic E-state index is 0.539. The third-order valence-electron chi connectivity index (χ3n) is 2.10. The van der Waals surface area contributed by atoms with Crippen molar-refractivity contribution < 1.29 is 4.74 Å². The lowest BCUT2D eigenvalue weighted by molar-refractivity contribution is 0.411. The van der Waals surface area contributed by atoms with Gasteiger partial charge in [0, 0.05) is 16.8 Å². The van der Waals surface area contributed by atoms with E-state index < -0.39 is 0 Å². The van der Waals surface area contributed by atoms with Crippen molar-refractivity contribution in [3.05, 3.63) is 23.8 Å². The summed E-state index contributed by atoms with van der Waals surface area (Å²) in [5.74, 6) is 1.90. The summed E-state index contributed by atoms with van der Waals surface area (Å²) in [4.78, 5) is 1.28. The van der Waals surface area contributed by atoms with E-state index in [1.54, 1.807) is 7.11 Å². The topological polar surface area (TPSA) is 21.3 Å². The van der Waals surface area contributed by atoms with Crippen LogP contribution in [0.3, 0.4) is 0 Å². The summed E-state index contributed by atoms with van der Waals surface area (Å²) in [7, 11) is 1.70. The Hall–Kier alpha value is -0.670. The molecular weight excluding hydrogens is 206 g/mol. The normalized spacial score (nSPS) is 10.7. The van der Waals surface area contributed by atoms with Crippen molar-refractivity contribution >= 4 is 11.8 Å². The molecule has 0 aliphatic rings. The van der Waals surface area contributed by atoms with Crippen LogP contribution in [-0.4, -0.2) is 19.0 Å². The van der Waals surface area contributed by atoms with Gasteiger partial charge in [-0.15, -0.1) is 11.8 Å². The molecule has 0 fully saturated rings. The van der Waals surface area contributed by atoms with Crippen LogP contribution in [0.4, 0.5) is 0 Å². The first-order chi connectivity index (χ1) is 7.13. The predicted octanol–water partition coefficient (Wildman–Crippen LogP) is 3.05. The maximum atomic E-state index is 5.22. The molecule has 0 aliphatic carbocycles. The van der Waals surface area contributed by atoms with Crippen LogP contribution in [0.15, 0.2) is 23.1 Å². The molecule has 1 aromatic carbocycles. The summed E-state index contributed by atoms with van der Waals surface area (Å²) in [5, 5.41) is 3.37. The fourth-order valence-electron chi connectivity index (χ4n) is 1.23. The van der Waals surface area contributed by atoms with Gasteiger partial charge in [-0.25, -0.2) is 0 Å². The zero-order valence-electron chi connectivity index (χ0n) is 9.83. The average Bonchev–Trinajstić information content (AvgIpc) is 2.17. The smallest absolute Gasteiger partial charge is 0.121 e. The van der Waals surface area contributed by atoms with Crippen LogP contribution in [0, 0.1) is 6.92 Å². The lowest BCUT2D eigenvalue weighted by Gasteiger charge is -2.09. The maximum absolute atomic E-state index is 5.22. The molecule has 0 spiro atoms. The highest BCUT2D eigenvalue weighted by molar-refractivity contribution is 7.99. The van der Waals surface area contributed by atoms with Crippen molar-refractivity contribution in [3.8, 4) is 5.75 Å². The van der Waals surface area contributed by atoms with Crippen molar-refractivity contribution in [2.45, 2.75) is 31.7 Å². The highest BCUT2D eigenvalue weighted by Crippen LogP contribution is 2.24. The molecule has 0 unspecified atom stereocenters. The highest BCUT2D eigenvalue weighted by atomic mass is 32.2. The third kappa shape index (κ3) is 4.14. The van der Waals surface area contributed by atoms with Crippen molar-refractivity contribution in [1.82, 2.24) is 5.32 Å². The number of rotatable bonds is 5. The molecule has 1 rings (SSSR count). The molecule has 3 heteroatoms. The largest absolute Gasteiger partial charge is 0.496 e. The second-order valence-electron chi connectivity index (χ2n) is 3.78. The van der Waals surface area contributed by atoms with Crippen LogP contribution in [0.25, 0.3) is 0 Å². The Morgan fingerprint density at radius 3 is 2.67 bits per heavy atom. The number of ether oxygens (including phenoxy) is 1. The molecular formula is C12H19NOS. The molecule has 84 valence electrons. The summed E-state index contributed by atoms with van der Waals surface area (Å²) < 4.78 is 5.22. The zero-order chi connectivity index (χ0) is 11.3. The van der Waals surface area contributed by atoms with Gasteiger partial charge < -0.3 is 10.1 Å². The fraction of sp³-hybridized carbons (Fsp3) is 0.500. The SMILES string of the molecule is COc1ccc(SCNC(C)C)cc1C. The van der Waals surface area contributed by atoms with E-state index in [1.807, 2.05) is 17.8 Å². The molecule has 0 amide bonds. The Morgan fingerprint density at radius 2 is 2.13 bits per heavy atom. The van der Waals surface area contributed by atoms with Crippen LogP contribution in [0.5, 0.6) is 5.75 Å². The van der Waals surface area contributed by atoms with Crippen LogP contribution in [0.1, 0.15) is 19.4 Å². The number of hydrogen-bond acceptors (Lipinski definition) is 3. The number of nitrogens with one attached hydrogen (secondary N) is 1. The van der Waals surface area contributed by atoms with E-state index >= 15 is 0 Å². The summed E-state index contributed by atoms with van der Waals surface area (Å²) in [6.45, 7) is 6.37. The number of thioether (sulfide) groups is 1. The van der Waals surface area contributed by atoms with Crippen molar-refractivity contribution in [2.24, 2.45) is 0 Å². The molecule has 15 heavy (non-hydrogen) atoms. The Bertz CT molecular complexity index is 312. The quantitative estimate of drug-likeness (QED) is 0.615. The molecule has 2 nitrogen and oxygen atoms in total. The molecule has 0 radical (unpaired) electrons. The first kappa shape index (κ1) is 12.4. The minimum atomic E-state index is 0.539. The van der Waals surface area contributed by atoms with Gasteiger partial charge in [0.05, 0.1) is 7.11 Å². The molecule has 0 heterocycles. The molecule has 0 atom stereocenters. The van der Waals surface area contributed by atoms with E-state index in [0.29, 0.717) is 6.04 Å². The third-order valence-corrected chi connectivity index (χ3v) is 3.00. The molecule has 0 aromatic heterocycles. The number of aryl methyl sites for hydroxylation is 1. The van der Waals surface area contributed by atoms with Gasteiger partial charge in [0.1, 0.15) is 5.75 Å². The monoisotopic (exact) mass is 225 g/mol. The van der Waals surface area contributed by atoms with E-state index in [-0.39, 0.29) is 0 Å². The Labute approximate surface area is 96.4 Å². The number of hydrogen-bond donors (Lipinski definition) is 1. The standard InChI is InChI=1S/C12H19NOS/c1-9(2)13-8-15-11-5-6-12(14-4)10(3)7-11/h5-7,9,13H,8H2,1-4H3. The Balaban J connectivity index is 2.52. The lowest BCUT2D eigenvalue weighted by Crippen LogP contribution is -2.21. The van der Waals surface area contributed by atoms with Gasteiger partial charge in [-0.1, -0.05) is 13.8 Å². The van der Waals surface area contributed by atoms with Crippen molar-refractivity contribution in [2.75, 3.05) is 13.0 Å². The lowest BCUT2D eigenvalue weighted by atomic mass is 10.2. The van der Waals surface area contributed by atoms with E-state index in [4.69, 9.17) is 4.74 Å². The molecule has 0 saturated carbocycles. The molecule has 0 bridgehead atoms. The Kier molecular flexibility index (Phi) is 4.99. The number of benzene rings is 1. The maximum Gasteiger partial charge on any atom is 0.121 e. The second-order valence-corrected chi connectivity index (χ2v) is 4.83. The first-order valence-corrected chi connectivity index (χ1v) is 6.13. The van der Waals surface area contributed by atoms with E-state index in [2.05, 4.69) is 38.2 Å². The number of methoxy groups -OCH3 is 1. The molecule has 0 saturated heterocycles.